The average molecular weight is 309 g/mol. The SMILES string of the molecule is COC(=O)C1(c2ccccc2)CCC(N(C)C)c2ccccc21. The number of methoxy groups -OCH3 is 1. The first-order chi connectivity index (χ1) is 11.1. The number of hydrogen-bond acceptors (Lipinski definition) is 3. The molecule has 0 bridgehead atoms. The molecule has 3 heteroatoms. The van der Waals surface area contributed by atoms with Gasteiger partial charge in [-0.15, -0.1) is 0 Å². The number of carbonyl (C=O) groups excluding carboxylic acids is 1. The van der Waals surface area contributed by atoms with E-state index < -0.39 is 5.41 Å². The Labute approximate surface area is 137 Å². The molecule has 0 saturated heterocycles. The fourth-order valence-electron chi connectivity index (χ4n) is 3.88. The van der Waals surface area contributed by atoms with E-state index >= 15 is 0 Å². The van der Waals surface area contributed by atoms with Crippen LogP contribution in [-0.2, 0) is 14.9 Å². The standard InChI is InChI=1S/C20H23NO2/c1-21(2)18-13-14-20(19(22)23-3,15-9-5-4-6-10-15)17-12-8-7-11-16(17)18/h4-12,18H,13-14H2,1-3H3. The minimum absolute atomic E-state index is 0.173. The van der Waals surface area contributed by atoms with Gasteiger partial charge in [0.1, 0.15) is 5.41 Å². The molecule has 0 aliphatic heterocycles. The van der Waals surface area contributed by atoms with Gasteiger partial charge in [-0.25, -0.2) is 0 Å². The lowest BCUT2D eigenvalue weighted by Crippen LogP contribution is -2.43. The molecular formula is C20H23NO2. The van der Waals surface area contributed by atoms with Gasteiger partial charge in [0.15, 0.2) is 0 Å². The summed E-state index contributed by atoms with van der Waals surface area (Å²) in [6, 6.07) is 18.6. The molecule has 0 aromatic heterocycles. The predicted octanol–water partition coefficient (Wildman–Crippen LogP) is 3.54. The Kier molecular flexibility index (Phi) is 4.22. The highest BCUT2D eigenvalue weighted by atomic mass is 16.5. The Balaban J connectivity index is 2.25. The molecule has 0 amide bonds. The molecule has 0 fully saturated rings. The molecule has 2 aromatic carbocycles. The van der Waals surface area contributed by atoms with Crippen LogP contribution in [0, 0.1) is 0 Å². The number of hydrogen-bond donors (Lipinski definition) is 0. The predicted molar refractivity (Wildman–Crippen MR) is 91.3 cm³/mol. The van der Waals surface area contributed by atoms with Crippen LogP contribution in [-0.4, -0.2) is 32.1 Å². The van der Waals surface area contributed by atoms with E-state index in [4.69, 9.17) is 4.74 Å². The summed E-state index contributed by atoms with van der Waals surface area (Å²) in [4.78, 5) is 15.1. The molecule has 2 atom stereocenters. The van der Waals surface area contributed by atoms with Crippen LogP contribution in [0.25, 0.3) is 0 Å². The minimum atomic E-state index is -0.709. The molecule has 1 aliphatic rings. The lowest BCUT2D eigenvalue weighted by molar-refractivity contribution is -0.146. The summed E-state index contributed by atoms with van der Waals surface area (Å²) in [6.07, 6.45) is 1.68. The normalized spacial score (nSPS) is 23.4. The quantitative estimate of drug-likeness (QED) is 0.812. The Hall–Kier alpha value is -2.13. The van der Waals surface area contributed by atoms with Crippen molar-refractivity contribution in [1.82, 2.24) is 4.90 Å². The van der Waals surface area contributed by atoms with Gasteiger partial charge in [0.05, 0.1) is 7.11 Å². The van der Waals surface area contributed by atoms with E-state index in [9.17, 15) is 4.79 Å². The van der Waals surface area contributed by atoms with E-state index in [0.29, 0.717) is 6.04 Å². The van der Waals surface area contributed by atoms with Crippen molar-refractivity contribution in [2.24, 2.45) is 0 Å². The molecule has 2 aromatic rings. The van der Waals surface area contributed by atoms with Gasteiger partial charge < -0.3 is 9.64 Å². The summed E-state index contributed by atoms with van der Waals surface area (Å²) in [6.45, 7) is 0. The van der Waals surface area contributed by atoms with Crippen molar-refractivity contribution in [3.63, 3.8) is 0 Å². The number of carbonyl (C=O) groups is 1. The van der Waals surface area contributed by atoms with Crippen molar-refractivity contribution < 1.29 is 9.53 Å². The molecule has 0 N–H and O–H groups in total. The van der Waals surface area contributed by atoms with Gasteiger partial charge in [0, 0.05) is 6.04 Å². The highest BCUT2D eigenvalue weighted by molar-refractivity contribution is 5.88. The van der Waals surface area contributed by atoms with Crippen LogP contribution in [0.3, 0.4) is 0 Å². The summed E-state index contributed by atoms with van der Waals surface area (Å²) >= 11 is 0. The molecule has 0 heterocycles. The van der Waals surface area contributed by atoms with Crippen LogP contribution in [0.4, 0.5) is 0 Å². The first-order valence-electron chi connectivity index (χ1n) is 8.01. The van der Waals surface area contributed by atoms with Crippen LogP contribution < -0.4 is 0 Å². The highest BCUT2D eigenvalue weighted by Gasteiger charge is 2.48. The summed E-state index contributed by atoms with van der Waals surface area (Å²) in [5.74, 6) is -0.173. The van der Waals surface area contributed by atoms with E-state index in [2.05, 4.69) is 31.1 Å². The second-order valence-corrected chi connectivity index (χ2v) is 6.37. The van der Waals surface area contributed by atoms with E-state index in [1.54, 1.807) is 0 Å². The van der Waals surface area contributed by atoms with Crippen molar-refractivity contribution in [1.29, 1.82) is 0 Å². The molecule has 1 aliphatic carbocycles. The topological polar surface area (TPSA) is 29.5 Å². The van der Waals surface area contributed by atoms with E-state index in [-0.39, 0.29) is 5.97 Å². The van der Waals surface area contributed by atoms with E-state index in [1.165, 1.54) is 12.7 Å². The largest absolute Gasteiger partial charge is 0.468 e. The molecule has 2 unspecified atom stereocenters. The third-order valence-corrected chi connectivity index (χ3v) is 5.00. The van der Waals surface area contributed by atoms with Crippen molar-refractivity contribution in [3.05, 3.63) is 71.3 Å². The molecule has 3 nitrogen and oxygen atoms in total. The third kappa shape index (κ3) is 2.45. The zero-order valence-corrected chi connectivity index (χ0v) is 14.0. The van der Waals surface area contributed by atoms with Gasteiger partial charge in [-0.05, 0) is 43.6 Å². The molecule has 3 rings (SSSR count). The van der Waals surface area contributed by atoms with E-state index in [0.717, 1.165) is 24.0 Å². The van der Waals surface area contributed by atoms with Gasteiger partial charge in [-0.1, -0.05) is 54.6 Å². The highest BCUT2D eigenvalue weighted by Crippen LogP contribution is 2.48. The zero-order valence-electron chi connectivity index (χ0n) is 14.0. The van der Waals surface area contributed by atoms with Crippen molar-refractivity contribution in [3.8, 4) is 0 Å². The average Bonchev–Trinajstić information content (AvgIpc) is 2.60. The van der Waals surface area contributed by atoms with Crippen LogP contribution >= 0.6 is 0 Å². The number of esters is 1. The Morgan fingerprint density at radius 1 is 1.09 bits per heavy atom. The molecular weight excluding hydrogens is 286 g/mol. The molecule has 0 radical (unpaired) electrons. The maximum Gasteiger partial charge on any atom is 0.320 e. The maximum absolute atomic E-state index is 12.9. The summed E-state index contributed by atoms with van der Waals surface area (Å²) in [7, 11) is 5.66. The van der Waals surface area contributed by atoms with Gasteiger partial charge in [-0.3, -0.25) is 4.79 Å². The number of nitrogens with zero attached hydrogens (tertiary/aromatic N) is 1. The molecule has 0 saturated carbocycles. The van der Waals surface area contributed by atoms with E-state index in [1.807, 2.05) is 42.5 Å². The third-order valence-electron chi connectivity index (χ3n) is 5.00. The first-order valence-corrected chi connectivity index (χ1v) is 8.01. The Morgan fingerprint density at radius 3 is 2.39 bits per heavy atom. The molecule has 23 heavy (non-hydrogen) atoms. The fraction of sp³-hybridized carbons (Fsp3) is 0.350. The van der Waals surface area contributed by atoms with Crippen molar-refractivity contribution in [2.45, 2.75) is 24.3 Å². The lowest BCUT2D eigenvalue weighted by atomic mass is 9.64. The van der Waals surface area contributed by atoms with Gasteiger partial charge in [0.25, 0.3) is 0 Å². The number of fused-ring (bicyclic) bond motifs is 1. The minimum Gasteiger partial charge on any atom is -0.468 e. The number of benzene rings is 2. The Bertz CT molecular complexity index is 696. The second-order valence-electron chi connectivity index (χ2n) is 6.37. The number of rotatable bonds is 3. The van der Waals surface area contributed by atoms with Gasteiger partial charge in [0.2, 0.25) is 0 Å². The summed E-state index contributed by atoms with van der Waals surface area (Å²) in [5, 5.41) is 0. The van der Waals surface area contributed by atoms with Crippen LogP contribution in [0.15, 0.2) is 54.6 Å². The lowest BCUT2D eigenvalue weighted by Gasteiger charge is -2.42. The first kappa shape index (κ1) is 15.8. The maximum atomic E-state index is 12.9. The van der Waals surface area contributed by atoms with Crippen LogP contribution in [0.1, 0.15) is 35.6 Å². The van der Waals surface area contributed by atoms with Gasteiger partial charge >= 0.3 is 5.97 Å². The van der Waals surface area contributed by atoms with Crippen LogP contribution in [0.2, 0.25) is 0 Å². The Morgan fingerprint density at radius 2 is 1.74 bits per heavy atom. The summed E-state index contributed by atoms with van der Waals surface area (Å²) < 4.78 is 5.25. The van der Waals surface area contributed by atoms with Gasteiger partial charge in [-0.2, -0.15) is 0 Å². The molecule has 120 valence electrons. The van der Waals surface area contributed by atoms with Crippen molar-refractivity contribution in [2.75, 3.05) is 21.2 Å². The zero-order chi connectivity index (χ0) is 16.4. The monoisotopic (exact) mass is 309 g/mol. The fourth-order valence-corrected chi connectivity index (χ4v) is 3.88. The molecule has 0 spiro atoms. The number of ether oxygens (including phenoxy) is 1. The second kappa shape index (κ2) is 6.17. The summed E-state index contributed by atoms with van der Waals surface area (Å²) in [5.41, 5.74) is 2.59. The smallest absolute Gasteiger partial charge is 0.320 e. The van der Waals surface area contributed by atoms with Crippen LogP contribution in [0.5, 0.6) is 0 Å². The van der Waals surface area contributed by atoms with Crippen molar-refractivity contribution >= 4 is 5.97 Å².